The first-order valence-electron chi connectivity index (χ1n) is 9.19. The van der Waals surface area contributed by atoms with Gasteiger partial charge in [-0.15, -0.1) is 0 Å². The monoisotopic (exact) mass is 344 g/mol. The zero-order valence-electron chi connectivity index (χ0n) is 15.3. The Hall–Kier alpha value is -2.11. The van der Waals surface area contributed by atoms with Crippen molar-refractivity contribution in [2.45, 2.75) is 57.9 Å². The number of allylic oxidation sites excluding steroid dienone is 2. The molecule has 136 valence electrons. The summed E-state index contributed by atoms with van der Waals surface area (Å²) in [5.74, 6) is 0.394. The average Bonchev–Trinajstić information content (AvgIpc) is 3.22. The van der Waals surface area contributed by atoms with Crippen molar-refractivity contribution >= 4 is 11.8 Å². The molecule has 3 rings (SSSR count). The summed E-state index contributed by atoms with van der Waals surface area (Å²) in [6.07, 6.45) is 9.32. The summed E-state index contributed by atoms with van der Waals surface area (Å²) in [5, 5.41) is 10.2. The van der Waals surface area contributed by atoms with Gasteiger partial charge < -0.3 is 10.2 Å². The Morgan fingerprint density at radius 2 is 2.20 bits per heavy atom. The van der Waals surface area contributed by atoms with Gasteiger partial charge >= 0.3 is 0 Å². The molecule has 2 aliphatic rings. The lowest BCUT2D eigenvalue weighted by molar-refractivity contribution is -0.126. The van der Waals surface area contributed by atoms with Crippen molar-refractivity contribution in [2.75, 3.05) is 13.1 Å². The van der Waals surface area contributed by atoms with Gasteiger partial charge in [0.15, 0.2) is 0 Å². The van der Waals surface area contributed by atoms with E-state index in [0.717, 1.165) is 31.4 Å². The molecule has 0 bridgehead atoms. The second-order valence-corrected chi connectivity index (χ2v) is 7.86. The highest BCUT2D eigenvalue weighted by Gasteiger charge is 2.39. The largest absolute Gasteiger partial charge is 0.349 e. The minimum Gasteiger partial charge on any atom is -0.349 e. The number of rotatable bonds is 4. The van der Waals surface area contributed by atoms with Crippen molar-refractivity contribution in [3.05, 3.63) is 29.6 Å². The number of amides is 2. The van der Waals surface area contributed by atoms with E-state index in [9.17, 15) is 9.59 Å². The van der Waals surface area contributed by atoms with Crippen molar-refractivity contribution in [1.82, 2.24) is 20.4 Å². The topological polar surface area (TPSA) is 78.1 Å². The number of aromatic amines is 1. The first kappa shape index (κ1) is 17.7. The van der Waals surface area contributed by atoms with Gasteiger partial charge in [0.2, 0.25) is 5.91 Å². The second kappa shape index (κ2) is 7.02. The number of H-pyrrole nitrogens is 1. The predicted molar refractivity (Wildman–Crippen MR) is 96.2 cm³/mol. The molecule has 2 amide bonds. The van der Waals surface area contributed by atoms with Gasteiger partial charge in [0.25, 0.3) is 5.91 Å². The van der Waals surface area contributed by atoms with E-state index in [1.54, 1.807) is 6.20 Å². The lowest BCUT2D eigenvalue weighted by Crippen LogP contribution is -2.50. The van der Waals surface area contributed by atoms with Crippen LogP contribution in [0.4, 0.5) is 0 Å². The van der Waals surface area contributed by atoms with Gasteiger partial charge in [-0.1, -0.05) is 26.0 Å². The Morgan fingerprint density at radius 1 is 1.40 bits per heavy atom. The van der Waals surface area contributed by atoms with Crippen molar-refractivity contribution in [2.24, 2.45) is 5.92 Å². The van der Waals surface area contributed by atoms with Crippen LogP contribution in [0.5, 0.6) is 0 Å². The zero-order chi connectivity index (χ0) is 18.0. The van der Waals surface area contributed by atoms with Gasteiger partial charge in [0.1, 0.15) is 0 Å². The highest BCUT2D eigenvalue weighted by atomic mass is 16.2. The smallest absolute Gasteiger partial charge is 0.257 e. The molecule has 0 aromatic carbocycles. The molecule has 0 radical (unpaired) electrons. The molecular weight excluding hydrogens is 316 g/mol. The standard InChI is InChI=1S/C19H28N4O2/c1-13(2)16-15(11-20-22-16)18(25)23-10-9-19(3,12-23)21-17(24)14-7-5-4-6-8-14/h4-5,11,13-14H,6-10,12H2,1-3H3,(H,20,22)(H,21,24)/t14-,19-/m1/s1. The quantitative estimate of drug-likeness (QED) is 0.824. The Balaban J connectivity index is 1.63. The number of hydrogen-bond acceptors (Lipinski definition) is 3. The first-order valence-corrected chi connectivity index (χ1v) is 9.19. The maximum Gasteiger partial charge on any atom is 0.257 e. The van der Waals surface area contributed by atoms with Crippen LogP contribution in [-0.4, -0.2) is 45.5 Å². The fourth-order valence-corrected chi connectivity index (χ4v) is 3.74. The number of nitrogens with zero attached hydrogens (tertiary/aromatic N) is 2. The lowest BCUT2D eigenvalue weighted by atomic mass is 9.92. The highest BCUT2D eigenvalue weighted by Crippen LogP contribution is 2.26. The van der Waals surface area contributed by atoms with Crippen LogP contribution in [-0.2, 0) is 4.79 Å². The summed E-state index contributed by atoms with van der Waals surface area (Å²) in [6.45, 7) is 7.32. The summed E-state index contributed by atoms with van der Waals surface area (Å²) < 4.78 is 0. The van der Waals surface area contributed by atoms with Gasteiger partial charge in [-0.05, 0) is 38.5 Å². The van der Waals surface area contributed by atoms with E-state index >= 15 is 0 Å². The Morgan fingerprint density at radius 3 is 2.88 bits per heavy atom. The SMILES string of the molecule is CC(C)c1[nH]ncc1C(=O)N1CC[C@@](C)(NC(=O)[C@@H]2CC=CCC2)C1. The third kappa shape index (κ3) is 3.78. The number of likely N-dealkylation sites (tertiary alicyclic amines) is 1. The molecule has 6 heteroatoms. The third-order valence-electron chi connectivity index (χ3n) is 5.30. The van der Waals surface area contributed by atoms with E-state index in [1.165, 1.54) is 0 Å². The molecule has 2 N–H and O–H groups in total. The summed E-state index contributed by atoms with van der Waals surface area (Å²) >= 11 is 0. The molecule has 1 fully saturated rings. The van der Waals surface area contributed by atoms with Gasteiger partial charge in [0.05, 0.1) is 23.0 Å². The van der Waals surface area contributed by atoms with Gasteiger partial charge in [-0.2, -0.15) is 5.10 Å². The van der Waals surface area contributed by atoms with Crippen LogP contribution in [0.1, 0.15) is 68.4 Å². The van der Waals surface area contributed by atoms with Crippen molar-refractivity contribution in [3.8, 4) is 0 Å². The van der Waals surface area contributed by atoms with Crippen LogP contribution >= 0.6 is 0 Å². The number of carbonyl (C=O) groups excluding carboxylic acids is 2. The van der Waals surface area contributed by atoms with Gasteiger partial charge in [0, 0.05) is 19.0 Å². The first-order chi connectivity index (χ1) is 11.9. The molecule has 0 unspecified atom stereocenters. The van der Waals surface area contributed by atoms with Gasteiger partial charge in [-0.3, -0.25) is 14.7 Å². The number of nitrogens with one attached hydrogen (secondary N) is 2. The molecule has 1 aliphatic carbocycles. The van der Waals surface area contributed by atoms with Crippen LogP contribution in [0.25, 0.3) is 0 Å². The van der Waals surface area contributed by atoms with E-state index in [4.69, 9.17) is 0 Å². The van der Waals surface area contributed by atoms with E-state index in [-0.39, 0.29) is 29.2 Å². The summed E-state index contributed by atoms with van der Waals surface area (Å²) in [6, 6.07) is 0. The normalized spacial score (nSPS) is 26.2. The fraction of sp³-hybridized carbons (Fsp3) is 0.632. The molecule has 2 heterocycles. The summed E-state index contributed by atoms with van der Waals surface area (Å²) in [7, 11) is 0. The minimum atomic E-state index is -0.352. The van der Waals surface area contributed by atoms with E-state index in [0.29, 0.717) is 18.7 Å². The molecule has 1 saturated heterocycles. The predicted octanol–water partition coefficient (Wildman–Crippen LogP) is 2.61. The zero-order valence-corrected chi connectivity index (χ0v) is 15.3. The molecule has 0 saturated carbocycles. The van der Waals surface area contributed by atoms with E-state index in [1.807, 2.05) is 25.7 Å². The summed E-state index contributed by atoms with van der Waals surface area (Å²) in [4.78, 5) is 27.2. The number of carbonyl (C=O) groups is 2. The number of hydrogen-bond donors (Lipinski definition) is 2. The molecule has 6 nitrogen and oxygen atoms in total. The van der Waals surface area contributed by atoms with Crippen molar-refractivity contribution < 1.29 is 9.59 Å². The molecule has 0 spiro atoms. The minimum absolute atomic E-state index is 0.00368. The van der Waals surface area contributed by atoms with Crippen molar-refractivity contribution in [3.63, 3.8) is 0 Å². The lowest BCUT2D eigenvalue weighted by Gasteiger charge is -2.29. The molecule has 1 aromatic heterocycles. The molecule has 25 heavy (non-hydrogen) atoms. The molecule has 1 aliphatic heterocycles. The van der Waals surface area contributed by atoms with E-state index < -0.39 is 0 Å². The Labute approximate surface area is 149 Å². The maximum atomic E-state index is 12.9. The molecule has 2 atom stereocenters. The van der Waals surface area contributed by atoms with E-state index in [2.05, 4.69) is 27.7 Å². The second-order valence-electron chi connectivity index (χ2n) is 7.86. The Kier molecular flexibility index (Phi) is 4.97. The summed E-state index contributed by atoms with van der Waals surface area (Å²) in [5.41, 5.74) is 1.16. The van der Waals surface area contributed by atoms with Crippen LogP contribution in [0.15, 0.2) is 18.3 Å². The highest BCUT2D eigenvalue weighted by molar-refractivity contribution is 5.95. The van der Waals surface area contributed by atoms with Crippen LogP contribution in [0, 0.1) is 5.92 Å². The molecule has 1 aromatic rings. The van der Waals surface area contributed by atoms with Crippen LogP contribution in [0.3, 0.4) is 0 Å². The van der Waals surface area contributed by atoms with Crippen molar-refractivity contribution in [1.29, 1.82) is 0 Å². The average molecular weight is 344 g/mol. The fourth-order valence-electron chi connectivity index (χ4n) is 3.74. The maximum absolute atomic E-state index is 12.9. The third-order valence-corrected chi connectivity index (χ3v) is 5.30. The van der Waals surface area contributed by atoms with Crippen LogP contribution < -0.4 is 5.32 Å². The number of aromatic nitrogens is 2. The molecular formula is C19H28N4O2. The van der Waals surface area contributed by atoms with Gasteiger partial charge in [-0.25, -0.2) is 0 Å². The Bertz CT molecular complexity index is 679. The van der Waals surface area contributed by atoms with Crippen LogP contribution in [0.2, 0.25) is 0 Å².